The zero-order chi connectivity index (χ0) is 20.5. The second-order valence-corrected chi connectivity index (χ2v) is 7.55. The highest BCUT2D eigenvalue weighted by Gasteiger charge is 2.23. The summed E-state index contributed by atoms with van der Waals surface area (Å²) in [6.07, 6.45) is -0.536. The fourth-order valence-electron chi connectivity index (χ4n) is 3.71. The van der Waals surface area contributed by atoms with Crippen LogP contribution in [-0.2, 0) is 20.9 Å². The molecule has 0 bridgehead atoms. The molecule has 1 N–H and O–H groups in total. The highest BCUT2D eigenvalue weighted by atomic mass is 16.5. The van der Waals surface area contributed by atoms with Gasteiger partial charge in [-0.3, -0.25) is 14.6 Å². The van der Waals surface area contributed by atoms with E-state index in [1.807, 2.05) is 29.2 Å². The predicted octanol–water partition coefficient (Wildman–Crippen LogP) is 0.0491. The topological polar surface area (TPSA) is 74.7 Å². The van der Waals surface area contributed by atoms with Crippen molar-refractivity contribution in [2.45, 2.75) is 12.7 Å². The maximum absolute atomic E-state index is 12.4. The Morgan fingerprint density at radius 1 is 1.10 bits per heavy atom. The quantitative estimate of drug-likeness (QED) is 0.620. The number of benzene rings is 1. The number of hydrogen-bond donors (Lipinski definition) is 1. The molecule has 1 unspecified atom stereocenters. The fraction of sp³-hybridized carbons (Fsp3) is 0.667. The summed E-state index contributed by atoms with van der Waals surface area (Å²) >= 11 is 0. The van der Waals surface area contributed by atoms with Crippen molar-refractivity contribution in [1.82, 2.24) is 14.7 Å². The summed E-state index contributed by atoms with van der Waals surface area (Å²) in [7, 11) is 1.64. The highest BCUT2D eigenvalue weighted by molar-refractivity contribution is 5.78. The molecular formula is C21H33N3O5. The molecule has 2 fully saturated rings. The summed E-state index contributed by atoms with van der Waals surface area (Å²) in [6, 6.07) is 7.73. The Kier molecular flexibility index (Phi) is 8.69. The number of nitrogens with zero attached hydrogens (tertiary/aromatic N) is 3. The Morgan fingerprint density at radius 3 is 2.52 bits per heavy atom. The number of hydrogen-bond acceptors (Lipinski definition) is 7. The highest BCUT2D eigenvalue weighted by Crippen LogP contribution is 2.18. The fourth-order valence-corrected chi connectivity index (χ4v) is 3.71. The summed E-state index contributed by atoms with van der Waals surface area (Å²) in [4.78, 5) is 18.7. The number of carbonyl (C=O) groups excluding carboxylic acids is 1. The van der Waals surface area contributed by atoms with Crippen molar-refractivity contribution in [3.8, 4) is 5.75 Å². The SMILES string of the molecule is COc1ccccc1COCC(O)CN1CCN(CC(=O)N2CCOCC2)CC1. The molecule has 3 rings (SSSR count). The number of β-amino-alcohol motifs (C(OH)–C–C–N with tert-alkyl or cyclic N) is 1. The molecule has 0 saturated carbocycles. The lowest BCUT2D eigenvalue weighted by Crippen LogP contribution is -2.52. The van der Waals surface area contributed by atoms with Gasteiger partial charge in [0.25, 0.3) is 0 Å². The van der Waals surface area contributed by atoms with E-state index in [9.17, 15) is 9.90 Å². The van der Waals surface area contributed by atoms with Crippen LogP contribution in [0.5, 0.6) is 5.75 Å². The Balaban J connectivity index is 1.31. The van der Waals surface area contributed by atoms with Gasteiger partial charge in [-0.15, -0.1) is 0 Å². The Bertz CT molecular complexity index is 630. The van der Waals surface area contributed by atoms with Gasteiger partial charge in [0.05, 0.1) is 46.2 Å². The van der Waals surface area contributed by atoms with Gasteiger partial charge in [-0.25, -0.2) is 0 Å². The van der Waals surface area contributed by atoms with E-state index < -0.39 is 6.10 Å². The molecule has 2 heterocycles. The first kappa shape index (κ1) is 22.0. The van der Waals surface area contributed by atoms with Gasteiger partial charge in [-0.1, -0.05) is 18.2 Å². The van der Waals surface area contributed by atoms with Crippen molar-refractivity contribution >= 4 is 5.91 Å². The van der Waals surface area contributed by atoms with E-state index in [-0.39, 0.29) is 12.5 Å². The lowest BCUT2D eigenvalue weighted by molar-refractivity contribution is -0.137. The third-order valence-electron chi connectivity index (χ3n) is 5.42. The van der Waals surface area contributed by atoms with Crippen LogP contribution in [0.1, 0.15) is 5.56 Å². The summed E-state index contributed by atoms with van der Waals surface area (Å²) in [5.41, 5.74) is 0.973. The summed E-state index contributed by atoms with van der Waals surface area (Å²) in [5, 5.41) is 10.3. The molecule has 8 nitrogen and oxygen atoms in total. The molecule has 0 radical (unpaired) electrons. The van der Waals surface area contributed by atoms with Crippen LogP contribution in [0.15, 0.2) is 24.3 Å². The van der Waals surface area contributed by atoms with E-state index in [1.165, 1.54) is 0 Å². The number of aliphatic hydroxyl groups excluding tert-OH is 1. The normalized spacial score (nSPS) is 19.9. The Hall–Kier alpha value is -1.71. The summed E-state index contributed by atoms with van der Waals surface area (Å²) in [5.74, 6) is 0.983. The van der Waals surface area contributed by atoms with E-state index >= 15 is 0 Å². The molecule has 0 spiro atoms. The van der Waals surface area contributed by atoms with Gasteiger partial charge in [0.15, 0.2) is 0 Å². The maximum atomic E-state index is 12.4. The average Bonchev–Trinajstić information content (AvgIpc) is 2.76. The van der Waals surface area contributed by atoms with Gasteiger partial charge >= 0.3 is 0 Å². The second-order valence-electron chi connectivity index (χ2n) is 7.55. The van der Waals surface area contributed by atoms with E-state index in [2.05, 4.69) is 9.80 Å². The molecule has 1 aromatic rings. The number of methoxy groups -OCH3 is 1. The molecule has 2 aliphatic rings. The number of piperazine rings is 1. The third kappa shape index (κ3) is 6.94. The van der Waals surface area contributed by atoms with Crippen molar-refractivity contribution in [3.05, 3.63) is 29.8 Å². The molecule has 0 aliphatic carbocycles. The minimum Gasteiger partial charge on any atom is -0.496 e. The molecule has 8 heteroatoms. The van der Waals surface area contributed by atoms with E-state index in [0.29, 0.717) is 46.0 Å². The largest absolute Gasteiger partial charge is 0.496 e. The number of aliphatic hydroxyl groups is 1. The molecule has 1 amide bonds. The minimum atomic E-state index is -0.536. The molecule has 1 aromatic carbocycles. The van der Waals surface area contributed by atoms with Gasteiger partial charge in [-0.2, -0.15) is 0 Å². The van der Waals surface area contributed by atoms with Crippen LogP contribution in [0, 0.1) is 0 Å². The van der Waals surface area contributed by atoms with Crippen LogP contribution in [0.2, 0.25) is 0 Å². The molecule has 2 aliphatic heterocycles. The van der Waals surface area contributed by atoms with Crippen LogP contribution in [0.25, 0.3) is 0 Å². The zero-order valence-electron chi connectivity index (χ0n) is 17.3. The monoisotopic (exact) mass is 407 g/mol. The standard InChI is InChI=1S/C21H33N3O5/c1-27-20-5-3-2-4-18(20)16-29-17-19(25)14-22-6-8-23(9-7-22)15-21(26)24-10-12-28-13-11-24/h2-5,19,25H,6-17H2,1H3. The van der Waals surface area contributed by atoms with Crippen LogP contribution in [-0.4, -0.2) is 111 Å². The molecule has 1 atom stereocenters. The van der Waals surface area contributed by atoms with E-state index in [1.54, 1.807) is 7.11 Å². The molecule has 162 valence electrons. The first-order chi connectivity index (χ1) is 14.2. The maximum Gasteiger partial charge on any atom is 0.236 e. The molecule has 29 heavy (non-hydrogen) atoms. The van der Waals surface area contributed by atoms with Gasteiger partial charge in [-0.05, 0) is 6.07 Å². The third-order valence-corrected chi connectivity index (χ3v) is 5.42. The van der Waals surface area contributed by atoms with Crippen molar-refractivity contribution in [3.63, 3.8) is 0 Å². The summed E-state index contributed by atoms with van der Waals surface area (Å²) in [6.45, 7) is 7.78. The molecular weight excluding hydrogens is 374 g/mol. The number of morpholine rings is 1. The smallest absolute Gasteiger partial charge is 0.236 e. The van der Waals surface area contributed by atoms with Crippen molar-refractivity contribution < 1.29 is 24.1 Å². The minimum absolute atomic E-state index is 0.187. The van der Waals surface area contributed by atoms with Crippen LogP contribution in [0.4, 0.5) is 0 Å². The molecule has 2 saturated heterocycles. The summed E-state index contributed by atoms with van der Waals surface area (Å²) < 4.78 is 16.3. The lowest BCUT2D eigenvalue weighted by atomic mass is 10.2. The van der Waals surface area contributed by atoms with Crippen molar-refractivity contribution in [2.24, 2.45) is 0 Å². The first-order valence-electron chi connectivity index (χ1n) is 10.3. The van der Waals surface area contributed by atoms with Crippen LogP contribution < -0.4 is 4.74 Å². The van der Waals surface area contributed by atoms with E-state index in [0.717, 1.165) is 37.5 Å². The average molecular weight is 408 g/mol. The zero-order valence-corrected chi connectivity index (χ0v) is 17.3. The number of carbonyl (C=O) groups is 1. The Labute approximate surface area is 172 Å². The van der Waals surface area contributed by atoms with E-state index in [4.69, 9.17) is 14.2 Å². The van der Waals surface area contributed by atoms with Gasteiger partial charge < -0.3 is 24.2 Å². The number of rotatable bonds is 9. The first-order valence-corrected chi connectivity index (χ1v) is 10.3. The van der Waals surface area contributed by atoms with Gasteiger partial charge in [0.2, 0.25) is 5.91 Å². The van der Waals surface area contributed by atoms with Gasteiger partial charge in [0.1, 0.15) is 5.75 Å². The number of ether oxygens (including phenoxy) is 3. The Morgan fingerprint density at radius 2 is 1.79 bits per heavy atom. The predicted molar refractivity (Wildman–Crippen MR) is 109 cm³/mol. The van der Waals surface area contributed by atoms with Crippen molar-refractivity contribution in [2.75, 3.05) is 79.3 Å². The number of para-hydroxylation sites is 1. The number of amides is 1. The molecule has 0 aromatic heterocycles. The van der Waals surface area contributed by atoms with Gasteiger partial charge in [0, 0.05) is 51.4 Å². The van der Waals surface area contributed by atoms with Crippen molar-refractivity contribution in [1.29, 1.82) is 0 Å². The second kappa shape index (κ2) is 11.5. The van der Waals surface area contributed by atoms with Crippen LogP contribution in [0.3, 0.4) is 0 Å². The lowest BCUT2D eigenvalue weighted by Gasteiger charge is -2.36. The van der Waals surface area contributed by atoms with Crippen LogP contribution >= 0.6 is 0 Å².